The number of aliphatic carboxylic acids is 1. The number of carbonyl (C=O) groups is 1. The van der Waals surface area contributed by atoms with Crippen LogP contribution in [0.3, 0.4) is 0 Å². The van der Waals surface area contributed by atoms with Crippen LogP contribution in [0, 0.1) is 0 Å². The van der Waals surface area contributed by atoms with E-state index in [-0.39, 0.29) is 12.5 Å². The van der Waals surface area contributed by atoms with Gasteiger partial charge < -0.3 is 10.4 Å². The minimum atomic E-state index is -0.786. The highest BCUT2D eigenvalue weighted by atomic mass is 16.4. The van der Waals surface area contributed by atoms with Crippen molar-refractivity contribution in [3.8, 4) is 0 Å². The number of pyridine rings is 1. The number of carboxylic acid groups (broad SMARTS) is 1. The molecule has 0 bridgehead atoms. The van der Waals surface area contributed by atoms with Crippen molar-refractivity contribution in [3.63, 3.8) is 0 Å². The highest BCUT2D eigenvalue weighted by Crippen LogP contribution is 2.06. The van der Waals surface area contributed by atoms with Crippen LogP contribution >= 0.6 is 0 Å². The molecule has 1 rings (SSSR count). The summed E-state index contributed by atoms with van der Waals surface area (Å²) in [6.45, 7) is 2.43. The van der Waals surface area contributed by atoms with Crippen LogP contribution in [0.5, 0.6) is 0 Å². The summed E-state index contributed by atoms with van der Waals surface area (Å²) in [4.78, 5) is 14.4. The van der Waals surface area contributed by atoms with Gasteiger partial charge in [0.1, 0.15) is 0 Å². The highest BCUT2D eigenvalue weighted by Gasteiger charge is 2.05. The minimum Gasteiger partial charge on any atom is -0.481 e. The molecule has 0 aliphatic carbocycles. The minimum absolute atomic E-state index is 0.0931. The Bertz CT molecular complexity index is 287. The zero-order valence-corrected chi connectivity index (χ0v) is 8.10. The predicted molar refractivity (Wildman–Crippen MR) is 52.9 cm³/mol. The second-order valence-electron chi connectivity index (χ2n) is 3.07. The van der Waals surface area contributed by atoms with Gasteiger partial charge in [-0.15, -0.1) is 0 Å². The molecule has 1 aromatic heterocycles. The van der Waals surface area contributed by atoms with Crippen molar-refractivity contribution < 1.29 is 9.90 Å². The molecular weight excluding hydrogens is 180 g/mol. The summed E-state index contributed by atoms with van der Waals surface area (Å²) in [5.41, 5.74) is 0.929. The summed E-state index contributed by atoms with van der Waals surface area (Å²) in [5.74, 6) is -0.786. The van der Waals surface area contributed by atoms with Gasteiger partial charge >= 0.3 is 5.97 Å². The number of hydrogen-bond donors (Lipinski definition) is 2. The van der Waals surface area contributed by atoms with Crippen LogP contribution in [0.2, 0.25) is 0 Å². The van der Waals surface area contributed by atoms with Gasteiger partial charge in [0.25, 0.3) is 0 Å². The Hall–Kier alpha value is -1.42. The number of nitrogens with one attached hydrogen (secondary N) is 1. The first-order valence-corrected chi connectivity index (χ1v) is 4.56. The number of rotatable bonds is 5. The van der Waals surface area contributed by atoms with E-state index in [4.69, 9.17) is 5.11 Å². The lowest BCUT2D eigenvalue weighted by molar-refractivity contribution is -0.136. The molecule has 0 amide bonds. The van der Waals surface area contributed by atoms with Gasteiger partial charge in [-0.2, -0.15) is 0 Å². The molecule has 1 atom stereocenters. The van der Waals surface area contributed by atoms with Gasteiger partial charge in [-0.1, -0.05) is 6.07 Å². The Labute approximate surface area is 83.0 Å². The van der Waals surface area contributed by atoms with Gasteiger partial charge in [-0.25, -0.2) is 0 Å². The maximum Gasteiger partial charge on any atom is 0.304 e. The third kappa shape index (κ3) is 3.53. The number of aromatic nitrogens is 1. The van der Waals surface area contributed by atoms with Gasteiger partial charge in [-0.3, -0.25) is 9.78 Å². The Kier molecular flexibility index (Phi) is 4.07. The first kappa shape index (κ1) is 10.7. The molecule has 0 aromatic carbocycles. The predicted octanol–water partition coefficient (Wildman–Crippen LogP) is 1.21. The second-order valence-corrected chi connectivity index (χ2v) is 3.07. The number of nitrogens with zero attached hydrogens (tertiary/aromatic N) is 1. The van der Waals surface area contributed by atoms with E-state index in [1.807, 2.05) is 25.1 Å². The molecule has 0 radical (unpaired) electrons. The molecule has 2 N–H and O–H groups in total. The summed E-state index contributed by atoms with van der Waals surface area (Å²) in [7, 11) is 0. The Balaban J connectivity index is 2.36. The maximum atomic E-state index is 10.3. The van der Waals surface area contributed by atoms with Gasteiger partial charge in [-0.05, 0) is 19.1 Å². The molecule has 1 heterocycles. The highest BCUT2D eigenvalue weighted by molar-refractivity contribution is 5.66. The fourth-order valence-corrected chi connectivity index (χ4v) is 1.13. The van der Waals surface area contributed by atoms with Gasteiger partial charge in [0.2, 0.25) is 0 Å². The summed E-state index contributed by atoms with van der Waals surface area (Å²) in [6, 6.07) is 5.78. The quantitative estimate of drug-likeness (QED) is 0.739. The standard InChI is InChI=1S/C10H14N2O2/c1-8(11-7-5-10(13)14)9-4-2-3-6-12-9/h2-4,6,8,11H,5,7H2,1H3,(H,13,14)/t8-/m1/s1. The lowest BCUT2D eigenvalue weighted by atomic mass is 10.2. The summed E-state index contributed by atoms with van der Waals surface area (Å²) in [5, 5.41) is 11.5. The SMILES string of the molecule is C[C@@H](NCCC(=O)O)c1ccccn1. The number of carboxylic acids is 1. The van der Waals surface area contributed by atoms with E-state index in [9.17, 15) is 4.79 Å². The van der Waals surface area contributed by atoms with Crippen LogP contribution < -0.4 is 5.32 Å². The Morgan fingerprint density at radius 1 is 1.64 bits per heavy atom. The lowest BCUT2D eigenvalue weighted by Gasteiger charge is -2.11. The molecule has 0 aliphatic heterocycles. The summed E-state index contributed by atoms with van der Waals surface area (Å²) >= 11 is 0. The fraction of sp³-hybridized carbons (Fsp3) is 0.400. The molecule has 0 saturated heterocycles. The van der Waals surface area contributed by atoms with E-state index >= 15 is 0 Å². The largest absolute Gasteiger partial charge is 0.481 e. The monoisotopic (exact) mass is 194 g/mol. The molecule has 0 aliphatic rings. The van der Waals surface area contributed by atoms with Gasteiger partial charge in [0.05, 0.1) is 12.1 Å². The molecule has 1 aromatic rings. The van der Waals surface area contributed by atoms with Crippen molar-refractivity contribution in [1.82, 2.24) is 10.3 Å². The zero-order chi connectivity index (χ0) is 10.4. The maximum absolute atomic E-state index is 10.3. The Morgan fingerprint density at radius 2 is 2.43 bits per heavy atom. The van der Waals surface area contributed by atoms with E-state index in [0.717, 1.165) is 5.69 Å². The van der Waals surface area contributed by atoms with Crippen LogP contribution in [0.1, 0.15) is 25.1 Å². The third-order valence-corrected chi connectivity index (χ3v) is 1.92. The third-order valence-electron chi connectivity index (χ3n) is 1.92. The number of hydrogen-bond acceptors (Lipinski definition) is 3. The fourth-order valence-electron chi connectivity index (χ4n) is 1.13. The first-order valence-electron chi connectivity index (χ1n) is 4.56. The second kappa shape index (κ2) is 5.34. The lowest BCUT2D eigenvalue weighted by Crippen LogP contribution is -2.22. The van der Waals surface area contributed by atoms with Crippen LogP contribution in [0.25, 0.3) is 0 Å². The van der Waals surface area contributed by atoms with E-state index in [2.05, 4.69) is 10.3 Å². The molecule has 0 saturated carbocycles. The normalized spacial score (nSPS) is 12.4. The Morgan fingerprint density at radius 3 is 3.00 bits per heavy atom. The summed E-state index contributed by atoms with van der Waals surface area (Å²) < 4.78 is 0. The van der Waals surface area contributed by atoms with Crippen molar-refractivity contribution in [2.24, 2.45) is 0 Å². The van der Waals surface area contributed by atoms with Gasteiger partial charge in [0.15, 0.2) is 0 Å². The molecule has 4 heteroatoms. The van der Waals surface area contributed by atoms with Gasteiger partial charge in [0, 0.05) is 18.8 Å². The molecule has 14 heavy (non-hydrogen) atoms. The topological polar surface area (TPSA) is 62.2 Å². The van der Waals surface area contributed by atoms with Crippen molar-refractivity contribution in [1.29, 1.82) is 0 Å². The molecule has 76 valence electrons. The average molecular weight is 194 g/mol. The smallest absolute Gasteiger partial charge is 0.304 e. The molecule has 0 unspecified atom stereocenters. The van der Waals surface area contributed by atoms with Crippen LogP contribution in [-0.4, -0.2) is 22.6 Å². The van der Waals surface area contributed by atoms with Crippen molar-refractivity contribution in [2.45, 2.75) is 19.4 Å². The van der Waals surface area contributed by atoms with E-state index in [0.29, 0.717) is 6.54 Å². The van der Waals surface area contributed by atoms with Crippen molar-refractivity contribution in [2.75, 3.05) is 6.54 Å². The molecular formula is C10H14N2O2. The van der Waals surface area contributed by atoms with Crippen LogP contribution in [0.15, 0.2) is 24.4 Å². The molecule has 0 spiro atoms. The zero-order valence-electron chi connectivity index (χ0n) is 8.10. The molecule has 0 fully saturated rings. The van der Waals surface area contributed by atoms with E-state index < -0.39 is 5.97 Å². The molecule has 4 nitrogen and oxygen atoms in total. The van der Waals surface area contributed by atoms with Crippen LogP contribution in [-0.2, 0) is 4.79 Å². The average Bonchev–Trinajstić information content (AvgIpc) is 2.18. The first-order chi connectivity index (χ1) is 6.70. The van der Waals surface area contributed by atoms with Crippen molar-refractivity contribution in [3.05, 3.63) is 30.1 Å². The van der Waals surface area contributed by atoms with E-state index in [1.165, 1.54) is 0 Å². The van der Waals surface area contributed by atoms with Crippen LogP contribution in [0.4, 0.5) is 0 Å². The van der Waals surface area contributed by atoms with Crippen molar-refractivity contribution >= 4 is 5.97 Å². The summed E-state index contributed by atoms with van der Waals surface area (Å²) in [6.07, 6.45) is 1.86. The van der Waals surface area contributed by atoms with E-state index in [1.54, 1.807) is 6.20 Å².